The summed E-state index contributed by atoms with van der Waals surface area (Å²) in [6.07, 6.45) is 2.00. The van der Waals surface area contributed by atoms with Gasteiger partial charge in [-0.05, 0) is 37.1 Å². The zero-order chi connectivity index (χ0) is 15.5. The maximum atomic E-state index is 11.7. The van der Waals surface area contributed by atoms with Crippen molar-refractivity contribution in [3.63, 3.8) is 0 Å². The highest BCUT2D eigenvalue weighted by molar-refractivity contribution is 7.80. The molecule has 1 amide bonds. The van der Waals surface area contributed by atoms with Gasteiger partial charge in [-0.1, -0.05) is 12.2 Å². The first-order valence-corrected chi connectivity index (χ1v) is 7.30. The molecule has 6 heteroatoms. The van der Waals surface area contributed by atoms with Crippen molar-refractivity contribution in [2.75, 3.05) is 32.2 Å². The van der Waals surface area contributed by atoms with Gasteiger partial charge in [-0.3, -0.25) is 4.79 Å². The van der Waals surface area contributed by atoms with E-state index in [0.717, 1.165) is 17.7 Å². The number of hydrogen-bond donors (Lipinski definition) is 2. The summed E-state index contributed by atoms with van der Waals surface area (Å²) < 4.78 is 10.3. The van der Waals surface area contributed by atoms with Gasteiger partial charge in [-0.2, -0.15) is 0 Å². The lowest BCUT2D eigenvalue weighted by Crippen LogP contribution is -2.13. The van der Waals surface area contributed by atoms with Crippen molar-refractivity contribution in [3.8, 4) is 0 Å². The maximum Gasteiger partial charge on any atom is 0.224 e. The second-order valence-electron chi connectivity index (χ2n) is 4.55. The zero-order valence-electron chi connectivity index (χ0n) is 12.3. The number of rotatable bonds is 10. The molecular weight excluding hydrogens is 288 g/mol. The molecular formula is C15H22N2O3S. The van der Waals surface area contributed by atoms with E-state index in [1.807, 2.05) is 0 Å². The van der Waals surface area contributed by atoms with Gasteiger partial charge in [0.1, 0.15) is 4.99 Å². The van der Waals surface area contributed by atoms with Gasteiger partial charge in [0.25, 0.3) is 0 Å². The summed E-state index contributed by atoms with van der Waals surface area (Å²) in [6.45, 7) is 1.94. The minimum Gasteiger partial charge on any atom is -0.389 e. The van der Waals surface area contributed by atoms with Crippen molar-refractivity contribution in [3.05, 3.63) is 29.8 Å². The third-order valence-corrected chi connectivity index (χ3v) is 3.02. The number of benzene rings is 1. The normalized spacial score (nSPS) is 10.3. The second-order valence-corrected chi connectivity index (χ2v) is 4.99. The summed E-state index contributed by atoms with van der Waals surface area (Å²) in [5.74, 6) is -0.0291. The van der Waals surface area contributed by atoms with Crippen molar-refractivity contribution in [2.45, 2.75) is 19.3 Å². The van der Waals surface area contributed by atoms with Crippen molar-refractivity contribution < 1.29 is 14.3 Å². The molecule has 5 nitrogen and oxygen atoms in total. The number of amides is 1. The van der Waals surface area contributed by atoms with Gasteiger partial charge in [-0.15, -0.1) is 0 Å². The Morgan fingerprint density at radius 3 is 2.48 bits per heavy atom. The molecule has 0 aromatic heterocycles. The number of carbonyl (C=O) groups excluding carboxylic acids is 1. The monoisotopic (exact) mass is 310 g/mol. The van der Waals surface area contributed by atoms with Crippen molar-refractivity contribution in [1.29, 1.82) is 0 Å². The van der Waals surface area contributed by atoms with Crippen LogP contribution < -0.4 is 11.1 Å². The number of carbonyl (C=O) groups is 1. The molecule has 1 rings (SSSR count). The third kappa shape index (κ3) is 7.75. The van der Waals surface area contributed by atoms with E-state index in [1.54, 1.807) is 31.4 Å². The van der Waals surface area contributed by atoms with E-state index in [2.05, 4.69) is 5.32 Å². The van der Waals surface area contributed by atoms with Crippen LogP contribution in [0.4, 0.5) is 5.69 Å². The fourth-order valence-electron chi connectivity index (χ4n) is 1.68. The molecule has 0 aliphatic carbocycles. The molecule has 1 aromatic rings. The molecule has 3 N–H and O–H groups in total. The molecule has 0 aliphatic rings. The summed E-state index contributed by atoms with van der Waals surface area (Å²) in [6, 6.07) is 7.15. The molecule has 0 spiro atoms. The molecule has 1 aromatic carbocycles. The second kappa shape index (κ2) is 10.3. The van der Waals surface area contributed by atoms with Crippen LogP contribution in [0.5, 0.6) is 0 Å². The van der Waals surface area contributed by atoms with E-state index in [1.165, 1.54) is 0 Å². The standard InChI is InChI=1S/C15H22N2O3S/c1-19-9-3-11-20-10-2-4-14(18)17-13-7-5-12(6-8-13)15(16)21/h5-8H,2-4,9-11H2,1H3,(H2,16,21)(H,17,18). The van der Waals surface area contributed by atoms with Crippen molar-refractivity contribution in [1.82, 2.24) is 0 Å². The van der Waals surface area contributed by atoms with E-state index in [4.69, 9.17) is 27.4 Å². The molecule has 0 saturated heterocycles. The molecule has 0 heterocycles. The van der Waals surface area contributed by atoms with Crippen LogP contribution in [0.15, 0.2) is 24.3 Å². The smallest absolute Gasteiger partial charge is 0.224 e. The third-order valence-electron chi connectivity index (χ3n) is 2.78. The fourth-order valence-corrected chi connectivity index (χ4v) is 1.82. The molecule has 21 heavy (non-hydrogen) atoms. The van der Waals surface area contributed by atoms with Gasteiger partial charge < -0.3 is 20.5 Å². The summed E-state index contributed by atoms with van der Waals surface area (Å²) in [5.41, 5.74) is 7.03. The Morgan fingerprint density at radius 2 is 1.86 bits per heavy atom. The first-order valence-electron chi connectivity index (χ1n) is 6.90. The van der Waals surface area contributed by atoms with Gasteiger partial charge in [-0.25, -0.2) is 0 Å². The highest BCUT2D eigenvalue weighted by Crippen LogP contribution is 2.10. The Morgan fingerprint density at radius 1 is 1.19 bits per heavy atom. The van der Waals surface area contributed by atoms with Crippen LogP contribution in [-0.4, -0.2) is 37.8 Å². The largest absolute Gasteiger partial charge is 0.389 e. The minimum atomic E-state index is -0.0291. The van der Waals surface area contributed by atoms with Crippen LogP contribution in [0.3, 0.4) is 0 Å². The Hall–Kier alpha value is -1.50. The number of methoxy groups -OCH3 is 1. The number of ether oxygens (including phenoxy) is 2. The Bertz CT molecular complexity index is 449. The van der Waals surface area contributed by atoms with E-state index in [0.29, 0.717) is 37.7 Å². The van der Waals surface area contributed by atoms with Crippen LogP contribution in [-0.2, 0) is 14.3 Å². The predicted molar refractivity (Wildman–Crippen MR) is 87.5 cm³/mol. The van der Waals surface area contributed by atoms with Crippen LogP contribution in [0.2, 0.25) is 0 Å². The van der Waals surface area contributed by atoms with Gasteiger partial charge in [0.15, 0.2) is 0 Å². The molecule has 0 bridgehead atoms. The molecule has 0 saturated carbocycles. The van der Waals surface area contributed by atoms with E-state index < -0.39 is 0 Å². The summed E-state index contributed by atoms with van der Waals surface area (Å²) in [7, 11) is 1.66. The van der Waals surface area contributed by atoms with E-state index in [9.17, 15) is 4.79 Å². The zero-order valence-corrected chi connectivity index (χ0v) is 13.1. The number of thiocarbonyl (C=S) groups is 1. The first-order chi connectivity index (χ1) is 10.1. The van der Waals surface area contributed by atoms with Crippen molar-refractivity contribution in [2.24, 2.45) is 5.73 Å². The van der Waals surface area contributed by atoms with E-state index >= 15 is 0 Å². The van der Waals surface area contributed by atoms with Crippen LogP contribution in [0.1, 0.15) is 24.8 Å². The average molecular weight is 310 g/mol. The minimum absolute atomic E-state index is 0.0291. The van der Waals surface area contributed by atoms with Gasteiger partial charge in [0.05, 0.1) is 0 Å². The predicted octanol–water partition coefficient (Wildman–Crippen LogP) is 2.09. The van der Waals surface area contributed by atoms with Crippen LogP contribution in [0.25, 0.3) is 0 Å². The highest BCUT2D eigenvalue weighted by atomic mass is 32.1. The first kappa shape index (κ1) is 17.6. The molecule has 0 atom stereocenters. The number of nitrogens with one attached hydrogen (secondary N) is 1. The Kier molecular flexibility index (Phi) is 8.57. The van der Waals surface area contributed by atoms with Gasteiger partial charge >= 0.3 is 0 Å². The topological polar surface area (TPSA) is 73.6 Å². The van der Waals surface area contributed by atoms with Gasteiger partial charge in [0, 0.05) is 44.6 Å². The van der Waals surface area contributed by atoms with Crippen molar-refractivity contribution >= 4 is 28.8 Å². The molecule has 0 aliphatic heterocycles. The fraction of sp³-hybridized carbons (Fsp3) is 0.467. The lowest BCUT2D eigenvalue weighted by Gasteiger charge is -2.07. The maximum absolute atomic E-state index is 11.7. The quantitative estimate of drug-likeness (QED) is 0.511. The highest BCUT2D eigenvalue weighted by Gasteiger charge is 2.03. The molecule has 0 unspecified atom stereocenters. The summed E-state index contributed by atoms with van der Waals surface area (Å²) in [5, 5.41) is 2.82. The van der Waals surface area contributed by atoms with Crippen LogP contribution in [0, 0.1) is 0 Å². The lowest BCUT2D eigenvalue weighted by molar-refractivity contribution is -0.116. The summed E-state index contributed by atoms with van der Waals surface area (Å²) in [4.78, 5) is 12.1. The SMILES string of the molecule is COCCCOCCCC(=O)Nc1ccc(C(N)=S)cc1. The Labute approximate surface area is 130 Å². The summed E-state index contributed by atoms with van der Waals surface area (Å²) >= 11 is 4.87. The molecule has 116 valence electrons. The average Bonchev–Trinajstić information content (AvgIpc) is 2.47. The Balaban J connectivity index is 2.17. The molecule has 0 radical (unpaired) electrons. The van der Waals surface area contributed by atoms with E-state index in [-0.39, 0.29) is 5.91 Å². The lowest BCUT2D eigenvalue weighted by atomic mass is 10.2. The van der Waals surface area contributed by atoms with Crippen LogP contribution >= 0.6 is 12.2 Å². The number of anilines is 1. The van der Waals surface area contributed by atoms with Gasteiger partial charge in [0.2, 0.25) is 5.91 Å². The number of nitrogens with two attached hydrogens (primary N) is 1. The number of hydrogen-bond acceptors (Lipinski definition) is 4. The molecule has 0 fully saturated rings.